The van der Waals surface area contributed by atoms with Crippen molar-refractivity contribution in [2.45, 2.75) is 39.8 Å². The van der Waals surface area contributed by atoms with Crippen molar-refractivity contribution in [2.75, 3.05) is 20.7 Å². The molecule has 1 fully saturated rings. The van der Waals surface area contributed by atoms with Gasteiger partial charge in [-0.1, -0.05) is 55.8 Å². The number of quaternary nitrogens is 1. The summed E-state index contributed by atoms with van der Waals surface area (Å²) in [6.45, 7) is 7.90. The molecule has 0 heterocycles. The molecule has 0 aromatic heterocycles. The summed E-state index contributed by atoms with van der Waals surface area (Å²) in [5.41, 5.74) is 1.93. The molecule has 146 valence electrons. The normalized spacial score (nSPS) is 22.7. The lowest BCUT2D eigenvalue weighted by molar-refractivity contribution is -0.891. The molecule has 0 amide bonds. The fraction of sp³-hybridized carbons (Fsp3) is 0.571. The predicted molar refractivity (Wildman–Crippen MR) is 100 cm³/mol. The van der Waals surface area contributed by atoms with Crippen molar-refractivity contribution >= 4 is 5.97 Å². The minimum atomic E-state index is -0.914. The maximum atomic E-state index is 10.6. The van der Waals surface area contributed by atoms with Gasteiger partial charge in [-0.25, -0.2) is 0 Å². The highest BCUT2D eigenvalue weighted by molar-refractivity contribution is 5.74. The number of likely N-dealkylation sites (N-methyl/N-ethyl adjacent to an activating group) is 1. The molecular weight excluding hydrogens is 330 g/mol. The Labute approximate surface area is 157 Å². The second-order valence-electron chi connectivity index (χ2n) is 8.11. The first-order valence-corrected chi connectivity index (χ1v) is 9.03. The summed E-state index contributed by atoms with van der Waals surface area (Å²) in [6.07, 6.45) is 1.42. The zero-order valence-electron chi connectivity index (χ0n) is 16.7. The van der Waals surface area contributed by atoms with Crippen molar-refractivity contribution in [3.8, 4) is 0 Å². The lowest BCUT2D eigenvalue weighted by Gasteiger charge is -2.24. The monoisotopic (exact) mass is 363 g/mol. The number of carbonyl (C=O) groups excluding carboxylic acids is 1. The predicted octanol–water partition coefficient (Wildman–Crippen LogP) is 0.200. The van der Waals surface area contributed by atoms with Crippen molar-refractivity contribution in [3.63, 3.8) is 0 Å². The molecule has 0 radical (unpaired) electrons. The molecule has 5 nitrogen and oxygen atoms in total. The van der Waals surface area contributed by atoms with Crippen molar-refractivity contribution in [1.29, 1.82) is 0 Å². The van der Waals surface area contributed by atoms with Gasteiger partial charge in [-0.3, -0.25) is 0 Å². The van der Waals surface area contributed by atoms with Crippen LogP contribution in [0.3, 0.4) is 0 Å². The Morgan fingerprint density at radius 1 is 1.27 bits per heavy atom. The molecule has 0 aliphatic heterocycles. The number of benzene rings is 1. The summed E-state index contributed by atoms with van der Waals surface area (Å²) < 4.78 is 0. The van der Waals surface area contributed by atoms with Crippen LogP contribution in [-0.4, -0.2) is 42.9 Å². The van der Waals surface area contributed by atoms with Crippen molar-refractivity contribution < 1.29 is 25.0 Å². The van der Waals surface area contributed by atoms with Crippen molar-refractivity contribution in [2.24, 2.45) is 17.3 Å². The van der Waals surface area contributed by atoms with E-state index in [0.717, 1.165) is 10.5 Å². The molecule has 4 atom stereocenters. The number of allylic oxidation sites excluding steroid dienone is 2. The van der Waals surface area contributed by atoms with E-state index < -0.39 is 12.1 Å². The number of aliphatic carboxylic acids is 1. The minimum absolute atomic E-state index is 0.0155. The SMILES string of the molecule is CC(C)=C[C@H]1[C@H](C(=O)[O-])C1(C)C.C[NH+](C)[C@@H](CO)[C@@H](O)c1ccccc1. The summed E-state index contributed by atoms with van der Waals surface area (Å²) in [5, 5.41) is 29.7. The Balaban J connectivity index is 0.000000263. The Bertz CT molecular complexity index is 606. The smallest absolute Gasteiger partial charge is 0.141 e. The first kappa shape index (κ1) is 22.4. The summed E-state index contributed by atoms with van der Waals surface area (Å²) in [5.74, 6) is -1.03. The molecule has 1 aromatic rings. The van der Waals surface area contributed by atoms with Gasteiger partial charge in [-0.2, -0.15) is 0 Å². The average Bonchev–Trinajstić information content (AvgIpc) is 3.09. The van der Waals surface area contributed by atoms with Gasteiger partial charge in [0.1, 0.15) is 12.1 Å². The first-order valence-electron chi connectivity index (χ1n) is 9.03. The van der Waals surface area contributed by atoms with Crippen LogP contribution in [0.4, 0.5) is 0 Å². The van der Waals surface area contributed by atoms with Gasteiger partial charge >= 0.3 is 0 Å². The third kappa shape index (κ3) is 5.66. The van der Waals surface area contributed by atoms with Gasteiger partial charge in [0.25, 0.3) is 0 Å². The number of hydrogen-bond acceptors (Lipinski definition) is 4. The minimum Gasteiger partial charge on any atom is -0.550 e. The third-order valence-electron chi connectivity index (χ3n) is 5.14. The summed E-state index contributed by atoms with van der Waals surface area (Å²) >= 11 is 0. The first-order chi connectivity index (χ1) is 12.0. The molecule has 0 unspecified atom stereocenters. The fourth-order valence-corrected chi connectivity index (χ4v) is 3.28. The lowest BCUT2D eigenvalue weighted by Crippen LogP contribution is -3.11. The highest BCUT2D eigenvalue weighted by Crippen LogP contribution is 2.58. The third-order valence-corrected chi connectivity index (χ3v) is 5.14. The second kappa shape index (κ2) is 9.31. The fourth-order valence-electron chi connectivity index (χ4n) is 3.28. The van der Waals surface area contributed by atoms with E-state index in [1.165, 1.54) is 5.57 Å². The number of rotatable bonds is 6. The van der Waals surface area contributed by atoms with Crippen LogP contribution < -0.4 is 10.0 Å². The maximum absolute atomic E-state index is 10.6. The molecule has 1 aliphatic rings. The molecule has 2 rings (SSSR count). The zero-order chi connectivity index (χ0) is 20.1. The van der Waals surface area contributed by atoms with Crippen LogP contribution >= 0.6 is 0 Å². The van der Waals surface area contributed by atoms with Crippen molar-refractivity contribution in [3.05, 3.63) is 47.5 Å². The summed E-state index contributed by atoms with van der Waals surface area (Å²) in [6, 6.07) is 9.26. The van der Waals surface area contributed by atoms with Gasteiger partial charge < -0.3 is 25.0 Å². The van der Waals surface area contributed by atoms with Gasteiger partial charge in [-0.15, -0.1) is 0 Å². The van der Waals surface area contributed by atoms with E-state index in [4.69, 9.17) is 5.11 Å². The summed E-state index contributed by atoms with van der Waals surface area (Å²) in [4.78, 5) is 11.7. The summed E-state index contributed by atoms with van der Waals surface area (Å²) in [7, 11) is 3.85. The Morgan fingerprint density at radius 3 is 2.15 bits per heavy atom. The van der Waals surface area contributed by atoms with Gasteiger partial charge in [0.15, 0.2) is 0 Å². The molecular formula is C21H33NO4. The van der Waals surface area contributed by atoms with Gasteiger partial charge in [0.05, 0.1) is 20.7 Å². The highest BCUT2D eigenvalue weighted by Gasteiger charge is 2.56. The Morgan fingerprint density at radius 2 is 1.81 bits per heavy atom. The van der Waals surface area contributed by atoms with Crippen LogP contribution in [0.5, 0.6) is 0 Å². The maximum Gasteiger partial charge on any atom is 0.141 e. The van der Waals surface area contributed by atoms with Crippen LogP contribution in [0.25, 0.3) is 0 Å². The average molecular weight is 363 g/mol. The van der Waals surface area contributed by atoms with Gasteiger partial charge in [0, 0.05) is 11.9 Å². The Kier molecular flexibility index (Phi) is 8.00. The van der Waals surface area contributed by atoms with E-state index in [2.05, 4.69) is 0 Å². The molecule has 0 saturated heterocycles. The topological polar surface area (TPSA) is 85.0 Å². The van der Waals surface area contributed by atoms with E-state index >= 15 is 0 Å². The molecule has 5 heteroatoms. The standard InChI is InChI=1S/C11H17NO2.C10H16O2/c1-12(2)10(8-13)11(14)9-6-4-3-5-7-9;1-6(2)5-7-8(9(11)12)10(7,3)4/h3-7,10-11,13-14H,8H2,1-2H3;5,7-8H,1-4H3,(H,11,12)/t10-,11-;7-,8+/m00/s1. The number of hydrogen-bond donors (Lipinski definition) is 3. The number of carboxylic acids is 1. The van der Waals surface area contributed by atoms with Crippen LogP contribution in [0.1, 0.15) is 39.4 Å². The molecule has 1 saturated carbocycles. The number of carboxylic acid groups (broad SMARTS) is 1. The molecule has 26 heavy (non-hydrogen) atoms. The number of aliphatic hydroxyl groups excluding tert-OH is 2. The van der Waals surface area contributed by atoms with E-state index in [1.807, 2.05) is 78.2 Å². The molecule has 0 bridgehead atoms. The highest BCUT2D eigenvalue weighted by atomic mass is 16.4. The lowest BCUT2D eigenvalue weighted by atomic mass is 10.0. The largest absolute Gasteiger partial charge is 0.550 e. The van der Waals surface area contributed by atoms with Crippen LogP contribution in [-0.2, 0) is 4.79 Å². The van der Waals surface area contributed by atoms with E-state index in [9.17, 15) is 15.0 Å². The zero-order valence-corrected chi connectivity index (χ0v) is 16.7. The van der Waals surface area contributed by atoms with E-state index in [1.54, 1.807) is 0 Å². The molecule has 3 N–H and O–H groups in total. The number of nitrogens with one attached hydrogen (secondary N) is 1. The molecule has 1 aliphatic carbocycles. The van der Waals surface area contributed by atoms with Crippen molar-refractivity contribution in [1.82, 2.24) is 0 Å². The number of aliphatic hydroxyl groups is 2. The van der Waals surface area contributed by atoms with Crippen LogP contribution in [0.15, 0.2) is 42.0 Å². The van der Waals surface area contributed by atoms with Crippen LogP contribution in [0.2, 0.25) is 0 Å². The van der Waals surface area contributed by atoms with E-state index in [-0.39, 0.29) is 29.9 Å². The van der Waals surface area contributed by atoms with Gasteiger partial charge in [0.2, 0.25) is 0 Å². The van der Waals surface area contributed by atoms with Gasteiger partial charge in [-0.05, 0) is 30.7 Å². The quantitative estimate of drug-likeness (QED) is 0.631. The van der Waals surface area contributed by atoms with Crippen LogP contribution in [0, 0.1) is 17.3 Å². The second-order valence-corrected chi connectivity index (χ2v) is 8.11. The van der Waals surface area contributed by atoms with E-state index in [0.29, 0.717) is 0 Å². The Hall–Kier alpha value is -1.69. The molecule has 1 aromatic carbocycles. The molecule has 0 spiro atoms. The number of carbonyl (C=O) groups is 1.